The molecule has 1 aromatic carbocycles. The summed E-state index contributed by atoms with van der Waals surface area (Å²) in [5.41, 5.74) is 4.99. The molecule has 0 spiro atoms. The first-order valence-electron chi connectivity index (χ1n) is 4.96. The van der Waals surface area contributed by atoms with Gasteiger partial charge in [-0.2, -0.15) is 13.2 Å². The van der Waals surface area contributed by atoms with Crippen LogP contribution in [-0.4, -0.2) is 26.4 Å². The normalized spacial score (nSPS) is 14.5. The van der Waals surface area contributed by atoms with Gasteiger partial charge >= 0.3 is 6.18 Å². The third-order valence-electron chi connectivity index (χ3n) is 2.29. The van der Waals surface area contributed by atoms with Gasteiger partial charge in [0.2, 0.25) is 0 Å². The van der Waals surface area contributed by atoms with E-state index in [0.29, 0.717) is 6.07 Å². The first-order valence-corrected chi connectivity index (χ1v) is 6.50. The van der Waals surface area contributed by atoms with E-state index in [1.807, 2.05) is 0 Å². The summed E-state index contributed by atoms with van der Waals surface area (Å²) >= 11 is 0. The van der Waals surface area contributed by atoms with Gasteiger partial charge in [-0.1, -0.05) is 6.07 Å². The largest absolute Gasteiger partial charge is 0.405 e. The van der Waals surface area contributed by atoms with Crippen molar-refractivity contribution >= 4 is 9.84 Å². The molecule has 0 saturated heterocycles. The van der Waals surface area contributed by atoms with Crippen LogP contribution in [0.2, 0.25) is 0 Å². The van der Waals surface area contributed by atoms with Gasteiger partial charge < -0.3 is 5.73 Å². The Morgan fingerprint density at radius 2 is 1.89 bits per heavy atom. The predicted molar refractivity (Wildman–Crippen MR) is 57.1 cm³/mol. The highest BCUT2D eigenvalue weighted by Crippen LogP contribution is 2.32. The Hall–Kier alpha value is -1.15. The van der Waals surface area contributed by atoms with Crippen molar-refractivity contribution in [3.8, 4) is 0 Å². The van der Waals surface area contributed by atoms with E-state index in [0.717, 1.165) is 18.2 Å². The molecule has 0 aromatic heterocycles. The van der Waals surface area contributed by atoms with E-state index in [9.17, 15) is 26.0 Å². The molecule has 3 nitrogen and oxygen atoms in total. The second-order valence-corrected chi connectivity index (χ2v) is 5.74. The number of halogens is 4. The molecule has 1 unspecified atom stereocenters. The molecular weight excluding hydrogens is 274 g/mol. The quantitative estimate of drug-likeness (QED) is 0.859. The van der Waals surface area contributed by atoms with E-state index in [2.05, 4.69) is 0 Å². The smallest absolute Gasteiger partial charge is 0.330 e. The second-order valence-electron chi connectivity index (χ2n) is 3.61. The Labute approximate surface area is 102 Å². The van der Waals surface area contributed by atoms with E-state index in [4.69, 9.17) is 5.73 Å². The van der Waals surface area contributed by atoms with Crippen LogP contribution >= 0.6 is 0 Å². The minimum Gasteiger partial charge on any atom is -0.330 e. The van der Waals surface area contributed by atoms with Gasteiger partial charge in [-0.3, -0.25) is 0 Å². The lowest BCUT2D eigenvalue weighted by molar-refractivity contribution is -0.131. The number of rotatable bonds is 4. The van der Waals surface area contributed by atoms with Gasteiger partial charge in [-0.25, -0.2) is 12.8 Å². The SMILES string of the molecule is NCCC(C(F)(F)F)S(=O)(=O)c1cccc(F)c1. The molecule has 0 heterocycles. The molecule has 1 rings (SSSR count). The van der Waals surface area contributed by atoms with Gasteiger partial charge in [0, 0.05) is 0 Å². The van der Waals surface area contributed by atoms with Crippen molar-refractivity contribution in [1.82, 2.24) is 0 Å². The van der Waals surface area contributed by atoms with E-state index < -0.39 is 44.9 Å². The van der Waals surface area contributed by atoms with Crippen LogP contribution in [0.25, 0.3) is 0 Å². The molecule has 18 heavy (non-hydrogen) atoms. The van der Waals surface area contributed by atoms with Crippen molar-refractivity contribution in [3.05, 3.63) is 30.1 Å². The molecule has 0 aliphatic rings. The average molecular weight is 285 g/mol. The van der Waals surface area contributed by atoms with Gasteiger partial charge in [-0.15, -0.1) is 0 Å². The maximum Gasteiger partial charge on any atom is 0.405 e. The molecule has 0 radical (unpaired) electrons. The van der Waals surface area contributed by atoms with E-state index in [1.165, 1.54) is 0 Å². The fourth-order valence-corrected chi connectivity index (χ4v) is 3.13. The van der Waals surface area contributed by atoms with Gasteiger partial charge in [0.25, 0.3) is 0 Å². The number of hydrogen-bond donors (Lipinski definition) is 1. The zero-order valence-electron chi connectivity index (χ0n) is 9.11. The topological polar surface area (TPSA) is 60.2 Å². The summed E-state index contributed by atoms with van der Waals surface area (Å²) in [4.78, 5) is -0.696. The zero-order valence-corrected chi connectivity index (χ0v) is 9.93. The van der Waals surface area contributed by atoms with Crippen LogP contribution in [0.4, 0.5) is 17.6 Å². The summed E-state index contributed by atoms with van der Waals surface area (Å²) in [7, 11) is -4.69. The number of nitrogens with two attached hydrogens (primary N) is 1. The molecule has 0 saturated carbocycles. The minimum absolute atomic E-state index is 0.432. The van der Waals surface area contributed by atoms with Gasteiger partial charge in [0.05, 0.1) is 4.90 Å². The molecule has 1 aromatic rings. The molecule has 1 atom stereocenters. The van der Waals surface area contributed by atoms with E-state index in [-0.39, 0.29) is 0 Å². The fraction of sp³-hybridized carbons (Fsp3) is 0.400. The summed E-state index contributed by atoms with van der Waals surface area (Å²) in [5, 5.41) is -2.61. The Morgan fingerprint density at radius 1 is 1.28 bits per heavy atom. The van der Waals surface area contributed by atoms with Crippen LogP contribution in [0.1, 0.15) is 6.42 Å². The van der Waals surface area contributed by atoms with E-state index in [1.54, 1.807) is 0 Å². The molecule has 2 N–H and O–H groups in total. The fourth-order valence-electron chi connectivity index (χ4n) is 1.45. The highest BCUT2D eigenvalue weighted by atomic mass is 32.2. The van der Waals surface area contributed by atoms with Crippen molar-refractivity contribution in [2.45, 2.75) is 22.7 Å². The maximum absolute atomic E-state index is 12.9. The van der Waals surface area contributed by atoms with Crippen LogP contribution in [-0.2, 0) is 9.84 Å². The highest BCUT2D eigenvalue weighted by Gasteiger charge is 2.48. The Kier molecular flexibility index (Phi) is 4.33. The standard InChI is InChI=1S/C10H11F4NO2S/c11-7-2-1-3-8(6-7)18(16,17)9(4-5-15)10(12,13)14/h1-3,6,9H,4-5,15H2. The first kappa shape index (κ1) is 14.9. The lowest BCUT2D eigenvalue weighted by atomic mass is 10.3. The first-order chi connectivity index (χ1) is 8.19. The van der Waals surface area contributed by atoms with Crippen LogP contribution < -0.4 is 5.73 Å². The lowest BCUT2D eigenvalue weighted by Crippen LogP contribution is -2.38. The van der Waals surface area contributed by atoms with Crippen LogP contribution in [0, 0.1) is 5.82 Å². The molecule has 0 bridgehead atoms. The molecule has 0 aliphatic carbocycles. The van der Waals surface area contributed by atoms with Crippen molar-refractivity contribution in [2.24, 2.45) is 5.73 Å². The molecular formula is C10H11F4NO2S. The van der Waals surface area contributed by atoms with Crippen LogP contribution in [0.3, 0.4) is 0 Å². The van der Waals surface area contributed by atoms with Gasteiger partial charge in [-0.05, 0) is 31.2 Å². The lowest BCUT2D eigenvalue weighted by Gasteiger charge is -2.19. The average Bonchev–Trinajstić information content (AvgIpc) is 2.24. The zero-order chi connectivity index (χ0) is 14.0. The van der Waals surface area contributed by atoms with Crippen molar-refractivity contribution in [2.75, 3.05) is 6.54 Å². The van der Waals surface area contributed by atoms with Crippen LogP contribution in [0.5, 0.6) is 0 Å². The number of sulfone groups is 1. The number of hydrogen-bond acceptors (Lipinski definition) is 3. The van der Waals surface area contributed by atoms with Crippen LogP contribution in [0.15, 0.2) is 29.2 Å². The predicted octanol–water partition coefficient (Wildman–Crippen LogP) is 1.88. The summed E-state index contributed by atoms with van der Waals surface area (Å²) in [6.07, 6.45) is -5.70. The molecule has 0 fully saturated rings. The van der Waals surface area contributed by atoms with Crippen molar-refractivity contribution in [1.29, 1.82) is 0 Å². The third kappa shape index (κ3) is 3.20. The Balaban J connectivity index is 3.26. The number of benzene rings is 1. The molecule has 0 amide bonds. The summed E-state index contributed by atoms with van der Waals surface area (Å²) in [6.45, 7) is -0.432. The third-order valence-corrected chi connectivity index (χ3v) is 4.46. The maximum atomic E-state index is 12.9. The van der Waals surface area contributed by atoms with Crippen molar-refractivity contribution < 1.29 is 26.0 Å². The van der Waals surface area contributed by atoms with Gasteiger partial charge in [0.1, 0.15) is 5.82 Å². The van der Waals surface area contributed by atoms with Crippen molar-refractivity contribution in [3.63, 3.8) is 0 Å². The monoisotopic (exact) mass is 285 g/mol. The Morgan fingerprint density at radius 3 is 2.33 bits per heavy atom. The second kappa shape index (κ2) is 5.23. The Bertz CT molecular complexity index is 513. The molecule has 102 valence electrons. The van der Waals surface area contributed by atoms with Gasteiger partial charge in [0.15, 0.2) is 15.1 Å². The summed E-state index contributed by atoms with van der Waals surface area (Å²) < 4.78 is 74.4. The summed E-state index contributed by atoms with van der Waals surface area (Å²) in [5.74, 6) is -0.912. The minimum atomic E-state index is -4.94. The molecule has 8 heteroatoms. The highest BCUT2D eigenvalue weighted by molar-refractivity contribution is 7.92. The summed E-state index contributed by atoms with van der Waals surface area (Å²) in [6, 6.07) is 3.47. The van der Waals surface area contributed by atoms with E-state index >= 15 is 0 Å². The number of alkyl halides is 3. The molecule has 0 aliphatic heterocycles.